The molecule has 22 heavy (non-hydrogen) atoms. The summed E-state index contributed by atoms with van der Waals surface area (Å²) < 4.78 is 11.8. The number of likely N-dealkylation sites (tertiary alicyclic amines) is 1. The quantitative estimate of drug-likeness (QED) is 0.856. The minimum absolute atomic E-state index is 0.126. The van der Waals surface area contributed by atoms with Gasteiger partial charge in [-0.2, -0.15) is 0 Å². The van der Waals surface area contributed by atoms with Crippen molar-refractivity contribution in [2.75, 3.05) is 33.4 Å². The van der Waals surface area contributed by atoms with Gasteiger partial charge in [-0.1, -0.05) is 0 Å². The smallest absolute Gasteiger partial charge is 0.224 e. The lowest BCUT2D eigenvalue weighted by Gasteiger charge is -2.49. The Bertz CT molecular complexity index is 432. The third-order valence-corrected chi connectivity index (χ3v) is 6.05. The third kappa shape index (κ3) is 2.91. The Balaban J connectivity index is 1.38. The van der Waals surface area contributed by atoms with Gasteiger partial charge in [0.05, 0.1) is 19.1 Å². The Kier molecular flexibility index (Phi) is 3.91. The molecule has 1 amide bonds. The van der Waals surface area contributed by atoms with Gasteiger partial charge in [-0.05, 0) is 44.6 Å². The Morgan fingerprint density at radius 3 is 2.77 bits per heavy atom. The highest BCUT2D eigenvalue weighted by Gasteiger charge is 2.49. The molecule has 1 spiro atoms. The van der Waals surface area contributed by atoms with E-state index in [2.05, 4.69) is 17.3 Å². The summed E-state index contributed by atoms with van der Waals surface area (Å²) in [5.41, 5.74) is 0. The van der Waals surface area contributed by atoms with Crippen LogP contribution in [0.15, 0.2) is 0 Å². The average Bonchev–Trinajstić information content (AvgIpc) is 3.24. The summed E-state index contributed by atoms with van der Waals surface area (Å²) in [6.07, 6.45) is 6.63. The van der Waals surface area contributed by atoms with Crippen LogP contribution in [0.1, 0.15) is 38.5 Å². The van der Waals surface area contributed by atoms with Gasteiger partial charge in [0.2, 0.25) is 5.91 Å². The molecule has 3 atom stereocenters. The number of carbonyl (C=O) groups is 1. The second-order valence-corrected chi connectivity index (χ2v) is 7.74. The fraction of sp³-hybridized carbons (Fsp3) is 0.941. The van der Waals surface area contributed by atoms with Crippen LogP contribution >= 0.6 is 0 Å². The number of nitrogens with one attached hydrogen (secondary N) is 1. The molecular formula is C17H28N2O3. The van der Waals surface area contributed by atoms with Crippen molar-refractivity contribution >= 4 is 5.91 Å². The Hall–Kier alpha value is -0.650. The highest BCUT2D eigenvalue weighted by molar-refractivity contribution is 5.79. The molecule has 5 heteroatoms. The molecule has 1 N–H and O–H groups in total. The summed E-state index contributed by atoms with van der Waals surface area (Å²) in [5.74, 6) is 1.30. The normalized spacial score (nSPS) is 38.0. The zero-order valence-electron chi connectivity index (χ0n) is 13.6. The number of rotatable bonds is 3. The van der Waals surface area contributed by atoms with E-state index in [-0.39, 0.29) is 17.6 Å². The summed E-state index contributed by atoms with van der Waals surface area (Å²) in [7, 11) is 2.17. The molecule has 0 radical (unpaired) electrons. The summed E-state index contributed by atoms with van der Waals surface area (Å²) in [6.45, 7) is 3.22. The van der Waals surface area contributed by atoms with Crippen molar-refractivity contribution in [3.8, 4) is 0 Å². The fourth-order valence-electron chi connectivity index (χ4n) is 4.65. The van der Waals surface area contributed by atoms with Crippen molar-refractivity contribution in [3.05, 3.63) is 0 Å². The molecule has 124 valence electrons. The van der Waals surface area contributed by atoms with Crippen LogP contribution in [0.2, 0.25) is 0 Å². The first kappa shape index (κ1) is 14.9. The summed E-state index contributed by atoms with van der Waals surface area (Å²) in [6, 6.07) is 0.589. The third-order valence-electron chi connectivity index (χ3n) is 6.05. The molecule has 2 aliphatic heterocycles. The molecule has 2 heterocycles. The van der Waals surface area contributed by atoms with Gasteiger partial charge in [-0.3, -0.25) is 4.79 Å². The van der Waals surface area contributed by atoms with E-state index in [4.69, 9.17) is 9.47 Å². The van der Waals surface area contributed by atoms with Crippen LogP contribution < -0.4 is 5.32 Å². The second-order valence-electron chi connectivity index (χ2n) is 7.74. The van der Waals surface area contributed by atoms with Gasteiger partial charge >= 0.3 is 0 Å². The van der Waals surface area contributed by atoms with E-state index in [0.29, 0.717) is 12.0 Å². The molecule has 0 aromatic heterocycles. The predicted molar refractivity (Wildman–Crippen MR) is 82.2 cm³/mol. The van der Waals surface area contributed by atoms with Crippen LogP contribution in [-0.4, -0.2) is 56.0 Å². The van der Waals surface area contributed by atoms with Gasteiger partial charge in [0.1, 0.15) is 0 Å². The number of nitrogens with zero attached hydrogens (tertiary/aromatic N) is 1. The van der Waals surface area contributed by atoms with E-state index in [1.807, 2.05) is 0 Å². The van der Waals surface area contributed by atoms with Crippen molar-refractivity contribution in [1.82, 2.24) is 10.2 Å². The topological polar surface area (TPSA) is 50.8 Å². The summed E-state index contributed by atoms with van der Waals surface area (Å²) >= 11 is 0. The highest BCUT2D eigenvalue weighted by Crippen LogP contribution is 2.44. The summed E-state index contributed by atoms with van der Waals surface area (Å²) in [4.78, 5) is 14.9. The van der Waals surface area contributed by atoms with Crippen LogP contribution in [0.3, 0.4) is 0 Å². The first-order valence-corrected chi connectivity index (χ1v) is 8.91. The zero-order valence-corrected chi connectivity index (χ0v) is 13.6. The average molecular weight is 308 g/mol. The Morgan fingerprint density at radius 1 is 1.27 bits per heavy atom. The number of fused-ring (bicyclic) bond motifs is 1. The van der Waals surface area contributed by atoms with Gasteiger partial charge in [0.25, 0.3) is 0 Å². The van der Waals surface area contributed by atoms with E-state index in [0.717, 1.165) is 57.9 Å². The van der Waals surface area contributed by atoms with Crippen LogP contribution in [-0.2, 0) is 14.3 Å². The molecule has 5 nitrogen and oxygen atoms in total. The monoisotopic (exact) mass is 308 g/mol. The maximum Gasteiger partial charge on any atom is 0.224 e. The van der Waals surface area contributed by atoms with E-state index >= 15 is 0 Å². The number of hydrogen-bond donors (Lipinski definition) is 1. The van der Waals surface area contributed by atoms with Crippen LogP contribution in [0.5, 0.6) is 0 Å². The predicted octanol–water partition coefficient (Wildman–Crippen LogP) is 1.38. The van der Waals surface area contributed by atoms with Crippen molar-refractivity contribution in [3.63, 3.8) is 0 Å². The van der Waals surface area contributed by atoms with Gasteiger partial charge in [0.15, 0.2) is 5.79 Å². The molecule has 0 bridgehead atoms. The zero-order chi connectivity index (χ0) is 15.2. The number of ether oxygens (including phenoxy) is 2. The fourth-order valence-corrected chi connectivity index (χ4v) is 4.65. The second kappa shape index (κ2) is 5.77. The first-order chi connectivity index (χ1) is 10.7. The van der Waals surface area contributed by atoms with E-state index in [9.17, 15) is 4.79 Å². The summed E-state index contributed by atoms with van der Waals surface area (Å²) in [5, 5.41) is 3.16. The van der Waals surface area contributed by atoms with Crippen LogP contribution in [0.4, 0.5) is 0 Å². The van der Waals surface area contributed by atoms with Crippen molar-refractivity contribution in [2.45, 2.75) is 50.4 Å². The molecule has 2 saturated carbocycles. The molecule has 4 aliphatic rings. The Morgan fingerprint density at radius 2 is 2.05 bits per heavy atom. The van der Waals surface area contributed by atoms with Gasteiger partial charge in [-0.15, -0.1) is 0 Å². The molecule has 0 aromatic rings. The van der Waals surface area contributed by atoms with Gasteiger partial charge in [-0.25, -0.2) is 0 Å². The van der Waals surface area contributed by atoms with E-state index in [1.165, 1.54) is 12.8 Å². The molecule has 4 fully saturated rings. The lowest BCUT2D eigenvalue weighted by molar-refractivity contribution is -0.202. The van der Waals surface area contributed by atoms with Crippen LogP contribution in [0.25, 0.3) is 0 Å². The van der Waals surface area contributed by atoms with E-state index < -0.39 is 0 Å². The largest absolute Gasteiger partial charge is 0.356 e. The van der Waals surface area contributed by atoms with Gasteiger partial charge < -0.3 is 19.7 Å². The van der Waals surface area contributed by atoms with Gasteiger partial charge in [0, 0.05) is 32.0 Å². The molecule has 0 aromatic carbocycles. The van der Waals surface area contributed by atoms with Crippen molar-refractivity contribution in [1.29, 1.82) is 0 Å². The molecule has 2 aliphatic carbocycles. The standard InChI is InChI=1S/C17H28N2O3/c1-19-11-14(16(20)18-10-12-2-3-12)8-13-9-17(5-4-15(13)19)21-6-7-22-17/h12-15H,2-11H2,1H3,(H,18,20)/t13-,14-,15-/m1/s1. The Labute approximate surface area is 132 Å². The van der Waals surface area contributed by atoms with Crippen molar-refractivity contribution < 1.29 is 14.3 Å². The van der Waals surface area contributed by atoms with Crippen molar-refractivity contribution in [2.24, 2.45) is 17.8 Å². The maximum absolute atomic E-state index is 12.5. The highest BCUT2D eigenvalue weighted by atomic mass is 16.7. The van der Waals surface area contributed by atoms with Crippen LogP contribution in [0, 0.1) is 17.8 Å². The molecular weight excluding hydrogens is 280 g/mol. The minimum atomic E-state index is -0.339. The first-order valence-electron chi connectivity index (χ1n) is 8.91. The number of hydrogen-bond acceptors (Lipinski definition) is 4. The van der Waals surface area contributed by atoms with E-state index in [1.54, 1.807) is 0 Å². The number of carbonyl (C=O) groups excluding carboxylic acids is 1. The lowest BCUT2D eigenvalue weighted by atomic mass is 9.72. The maximum atomic E-state index is 12.5. The molecule has 0 unspecified atom stereocenters. The lowest BCUT2D eigenvalue weighted by Crippen LogP contribution is -2.55. The number of amides is 1. The molecule has 2 saturated heterocycles. The number of piperidine rings is 1. The minimum Gasteiger partial charge on any atom is -0.356 e. The molecule has 4 rings (SSSR count). The SMILES string of the molecule is CN1C[C@H](C(=O)NCC2CC2)C[C@@H]2CC3(CC[C@H]21)OCCO3.